The van der Waals surface area contributed by atoms with Crippen LogP contribution in [-0.2, 0) is 0 Å². The summed E-state index contributed by atoms with van der Waals surface area (Å²) < 4.78 is 0. The van der Waals surface area contributed by atoms with E-state index >= 15 is 0 Å². The fraction of sp³-hybridized carbons (Fsp3) is 1.00. The Kier molecular flexibility index (Phi) is 4.84. The van der Waals surface area contributed by atoms with Crippen LogP contribution in [-0.4, -0.2) is 6.54 Å². The Morgan fingerprint density at radius 2 is 1.67 bits per heavy atom. The van der Waals surface area contributed by atoms with Crippen molar-refractivity contribution in [2.75, 3.05) is 6.54 Å². The molecule has 2 atom stereocenters. The van der Waals surface area contributed by atoms with Crippen LogP contribution in [0.3, 0.4) is 0 Å². The third-order valence-corrected chi connectivity index (χ3v) is 3.30. The second-order valence-corrected chi connectivity index (χ2v) is 4.59. The molecule has 1 nitrogen and oxygen atoms in total. The number of hydrogen-bond donors (Lipinski definition) is 1. The van der Waals surface area contributed by atoms with Gasteiger partial charge in [-0.3, -0.25) is 0 Å². The maximum atomic E-state index is 5.78. The van der Waals surface area contributed by atoms with Gasteiger partial charge >= 0.3 is 0 Å². The molecule has 2 unspecified atom stereocenters. The van der Waals surface area contributed by atoms with Gasteiger partial charge in [0, 0.05) is 0 Å². The molecular weight excluding hydrogens is 146 g/mol. The second-order valence-electron chi connectivity index (χ2n) is 4.59. The van der Waals surface area contributed by atoms with Gasteiger partial charge in [-0.05, 0) is 23.8 Å². The first-order chi connectivity index (χ1) is 5.49. The van der Waals surface area contributed by atoms with Gasteiger partial charge in [-0.15, -0.1) is 0 Å². The van der Waals surface area contributed by atoms with Crippen molar-refractivity contribution in [2.45, 2.75) is 47.5 Å². The van der Waals surface area contributed by atoms with Crippen molar-refractivity contribution in [1.29, 1.82) is 0 Å². The lowest BCUT2D eigenvalue weighted by atomic mass is 9.70. The molecule has 0 heterocycles. The van der Waals surface area contributed by atoms with Crippen molar-refractivity contribution in [1.82, 2.24) is 0 Å². The van der Waals surface area contributed by atoms with Gasteiger partial charge in [-0.1, -0.05) is 47.5 Å². The number of rotatable bonds is 5. The minimum atomic E-state index is 0.310. The van der Waals surface area contributed by atoms with Gasteiger partial charge in [0.2, 0.25) is 0 Å². The Bertz CT molecular complexity index is 118. The van der Waals surface area contributed by atoms with Gasteiger partial charge in [-0.2, -0.15) is 0 Å². The average molecular weight is 171 g/mol. The SMILES string of the molecule is CCC(C)C(CC)C(C)(C)CN. The molecule has 0 aromatic heterocycles. The largest absolute Gasteiger partial charge is 0.330 e. The Hall–Kier alpha value is -0.0400. The molecule has 0 aromatic carbocycles. The van der Waals surface area contributed by atoms with Gasteiger partial charge in [-0.25, -0.2) is 0 Å². The maximum Gasteiger partial charge on any atom is -0.00231 e. The van der Waals surface area contributed by atoms with Crippen LogP contribution in [0.5, 0.6) is 0 Å². The molecule has 0 bridgehead atoms. The van der Waals surface area contributed by atoms with E-state index in [-0.39, 0.29) is 0 Å². The minimum Gasteiger partial charge on any atom is -0.330 e. The Labute approximate surface area is 77.7 Å². The maximum absolute atomic E-state index is 5.78. The van der Waals surface area contributed by atoms with Crippen molar-refractivity contribution >= 4 is 0 Å². The topological polar surface area (TPSA) is 26.0 Å². The zero-order valence-electron chi connectivity index (χ0n) is 9.35. The van der Waals surface area contributed by atoms with Gasteiger partial charge in [0.25, 0.3) is 0 Å². The summed E-state index contributed by atoms with van der Waals surface area (Å²) in [5, 5.41) is 0. The highest BCUT2D eigenvalue weighted by molar-refractivity contribution is 4.81. The zero-order chi connectivity index (χ0) is 9.78. The normalized spacial score (nSPS) is 17.5. The van der Waals surface area contributed by atoms with Gasteiger partial charge in [0.05, 0.1) is 0 Å². The first-order valence-electron chi connectivity index (χ1n) is 5.19. The molecule has 0 aliphatic heterocycles. The van der Waals surface area contributed by atoms with E-state index in [0.29, 0.717) is 5.41 Å². The van der Waals surface area contributed by atoms with Crippen LogP contribution < -0.4 is 5.73 Å². The lowest BCUT2D eigenvalue weighted by Crippen LogP contribution is -2.35. The molecule has 0 rings (SSSR count). The third kappa shape index (κ3) is 2.78. The highest BCUT2D eigenvalue weighted by Gasteiger charge is 2.29. The summed E-state index contributed by atoms with van der Waals surface area (Å²) in [4.78, 5) is 0. The summed E-state index contributed by atoms with van der Waals surface area (Å²) in [6.07, 6.45) is 2.52. The summed E-state index contributed by atoms with van der Waals surface area (Å²) >= 11 is 0. The number of hydrogen-bond acceptors (Lipinski definition) is 1. The Morgan fingerprint density at radius 3 is 1.92 bits per heavy atom. The van der Waals surface area contributed by atoms with E-state index in [2.05, 4.69) is 34.6 Å². The van der Waals surface area contributed by atoms with Crippen molar-refractivity contribution in [3.8, 4) is 0 Å². The molecule has 0 saturated heterocycles. The molecule has 0 aromatic rings. The van der Waals surface area contributed by atoms with Gasteiger partial charge in [0.1, 0.15) is 0 Å². The summed E-state index contributed by atoms with van der Waals surface area (Å²) in [6, 6.07) is 0. The van der Waals surface area contributed by atoms with E-state index in [1.807, 2.05) is 0 Å². The van der Waals surface area contributed by atoms with Gasteiger partial charge in [0.15, 0.2) is 0 Å². The Morgan fingerprint density at radius 1 is 1.17 bits per heavy atom. The first kappa shape index (κ1) is 12.0. The zero-order valence-corrected chi connectivity index (χ0v) is 9.35. The molecular formula is C11H25N. The second kappa shape index (κ2) is 4.86. The van der Waals surface area contributed by atoms with Crippen LogP contribution in [0.2, 0.25) is 0 Å². The minimum absolute atomic E-state index is 0.310. The third-order valence-electron chi connectivity index (χ3n) is 3.30. The summed E-state index contributed by atoms with van der Waals surface area (Å²) in [5.74, 6) is 1.57. The van der Waals surface area contributed by atoms with Crippen molar-refractivity contribution < 1.29 is 0 Å². The van der Waals surface area contributed by atoms with Crippen LogP contribution in [0.1, 0.15) is 47.5 Å². The van der Waals surface area contributed by atoms with E-state index in [4.69, 9.17) is 5.73 Å². The smallest absolute Gasteiger partial charge is 0.00231 e. The molecule has 1 heteroatoms. The average Bonchev–Trinajstić information content (AvgIpc) is 2.05. The van der Waals surface area contributed by atoms with E-state index in [1.165, 1.54) is 12.8 Å². The highest BCUT2D eigenvalue weighted by atomic mass is 14.6. The van der Waals surface area contributed by atoms with Crippen LogP contribution in [0.15, 0.2) is 0 Å². The molecule has 0 aliphatic rings. The lowest BCUT2D eigenvalue weighted by Gasteiger charge is -2.36. The van der Waals surface area contributed by atoms with E-state index in [1.54, 1.807) is 0 Å². The molecule has 74 valence electrons. The monoisotopic (exact) mass is 171 g/mol. The fourth-order valence-corrected chi connectivity index (χ4v) is 2.16. The van der Waals surface area contributed by atoms with E-state index in [9.17, 15) is 0 Å². The predicted molar refractivity (Wildman–Crippen MR) is 56.1 cm³/mol. The fourth-order valence-electron chi connectivity index (χ4n) is 2.16. The molecule has 2 N–H and O–H groups in total. The van der Waals surface area contributed by atoms with Crippen LogP contribution in [0.4, 0.5) is 0 Å². The highest BCUT2D eigenvalue weighted by Crippen LogP contribution is 2.35. The summed E-state index contributed by atoms with van der Waals surface area (Å²) in [7, 11) is 0. The summed E-state index contributed by atoms with van der Waals surface area (Å²) in [5.41, 5.74) is 6.08. The summed E-state index contributed by atoms with van der Waals surface area (Å²) in [6.45, 7) is 12.2. The van der Waals surface area contributed by atoms with Crippen molar-refractivity contribution in [2.24, 2.45) is 23.0 Å². The lowest BCUT2D eigenvalue weighted by molar-refractivity contribution is 0.146. The van der Waals surface area contributed by atoms with E-state index < -0.39 is 0 Å². The molecule has 0 amide bonds. The van der Waals surface area contributed by atoms with Crippen LogP contribution in [0, 0.1) is 17.3 Å². The molecule has 0 saturated carbocycles. The first-order valence-corrected chi connectivity index (χ1v) is 5.19. The van der Waals surface area contributed by atoms with Crippen LogP contribution >= 0.6 is 0 Å². The molecule has 0 spiro atoms. The number of nitrogens with two attached hydrogens (primary N) is 1. The standard InChI is InChI=1S/C11H25N/c1-6-9(3)10(7-2)11(4,5)8-12/h9-10H,6-8,12H2,1-5H3. The molecule has 0 aliphatic carbocycles. The quantitative estimate of drug-likeness (QED) is 0.676. The van der Waals surface area contributed by atoms with Gasteiger partial charge < -0.3 is 5.73 Å². The van der Waals surface area contributed by atoms with Crippen molar-refractivity contribution in [3.05, 3.63) is 0 Å². The molecule has 12 heavy (non-hydrogen) atoms. The Balaban J connectivity index is 4.32. The van der Waals surface area contributed by atoms with Crippen LogP contribution in [0.25, 0.3) is 0 Å². The molecule has 0 radical (unpaired) electrons. The predicted octanol–water partition coefficient (Wildman–Crippen LogP) is 3.04. The molecule has 0 fully saturated rings. The van der Waals surface area contributed by atoms with Crippen molar-refractivity contribution in [3.63, 3.8) is 0 Å². The van der Waals surface area contributed by atoms with E-state index in [0.717, 1.165) is 18.4 Å².